The van der Waals surface area contributed by atoms with Crippen LogP contribution in [-0.2, 0) is 9.59 Å². The Hall–Kier alpha value is -3.92. The van der Waals surface area contributed by atoms with Crippen LogP contribution >= 0.6 is 0 Å². The van der Waals surface area contributed by atoms with E-state index >= 15 is 0 Å². The van der Waals surface area contributed by atoms with Crippen molar-refractivity contribution in [2.24, 2.45) is 17.2 Å². The molecule has 0 aliphatic heterocycles. The van der Waals surface area contributed by atoms with Crippen molar-refractivity contribution in [3.8, 4) is 23.0 Å². The van der Waals surface area contributed by atoms with Crippen LogP contribution in [0.5, 0.6) is 23.0 Å². The molecule has 0 fully saturated rings. The zero-order chi connectivity index (χ0) is 25.0. The summed E-state index contributed by atoms with van der Waals surface area (Å²) in [5.41, 5.74) is 23.2. The summed E-state index contributed by atoms with van der Waals surface area (Å²) in [6.45, 7) is 0. The Morgan fingerprint density at radius 3 is 1.82 bits per heavy atom. The number of ether oxygens (including phenoxy) is 4. The maximum absolute atomic E-state index is 10.3. The Morgan fingerprint density at radius 1 is 0.848 bits per heavy atom. The summed E-state index contributed by atoms with van der Waals surface area (Å²) in [5.74, 6) is 1.37. The first-order chi connectivity index (χ1) is 15.7. The third-order valence-electron chi connectivity index (χ3n) is 4.48. The zero-order valence-corrected chi connectivity index (χ0v) is 19.3. The standard InChI is InChI=1S/C18H21NO4.C5H11N3O2/c1-20-15-8-7-12(9-14(15)19)5-6-13-10-16(21-2)18(23-4)17(11-13)22-3;6-3(5(8)10)1-2-4(7)9/h5-11H,19H2,1-4H3;3H,1-2,6H2,(H2,7,9)(H2,8,10)/t;3-/m.0/s1. The molecule has 1 atom stereocenters. The predicted octanol–water partition coefficient (Wildman–Crippen LogP) is 1.54. The minimum Gasteiger partial charge on any atom is -0.495 e. The van der Waals surface area contributed by atoms with Gasteiger partial charge in [-0.3, -0.25) is 9.59 Å². The highest BCUT2D eigenvalue weighted by molar-refractivity contribution is 5.81. The largest absolute Gasteiger partial charge is 0.495 e. The number of nitrogen functional groups attached to an aromatic ring is 1. The van der Waals surface area contributed by atoms with Crippen molar-refractivity contribution in [1.82, 2.24) is 0 Å². The normalized spacial score (nSPS) is 11.2. The number of carbonyl (C=O) groups excluding carboxylic acids is 2. The molecule has 0 aliphatic rings. The van der Waals surface area contributed by atoms with Gasteiger partial charge >= 0.3 is 0 Å². The van der Waals surface area contributed by atoms with Crippen molar-refractivity contribution in [3.05, 3.63) is 41.5 Å². The van der Waals surface area contributed by atoms with Crippen molar-refractivity contribution in [1.29, 1.82) is 0 Å². The monoisotopic (exact) mass is 460 g/mol. The van der Waals surface area contributed by atoms with E-state index in [0.717, 1.165) is 11.1 Å². The number of carbonyl (C=O) groups is 2. The van der Waals surface area contributed by atoms with Gasteiger partial charge in [0, 0.05) is 6.42 Å². The van der Waals surface area contributed by atoms with Gasteiger partial charge in [-0.2, -0.15) is 0 Å². The van der Waals surface area contributed by atoms with E-state index in [-0.39, 0.29) is 12.8 Å². The number of amides is 2. The van der Waals surface area contributed by atoms with Gasteiger partial charge in [-0.15, -0.1) is 0 Å². The third-order valence-corrected chi connectivity index (χ3v) is 4.48. The summed E-state index contributed by atoms with van der Waals surface area (Å²) in [7, 11) is 6.36. The molecule has 0 unspecified atom stereocenters. The van der Waals surface area contributed by atoms with Crippen LogP contribution in [-0.4, -0.2) is 46.3 Å². The molecule has 2 aromatic rings. The van der Waals surface area contributed by atoms with Gasteiger partial charge in [-0.25, -0.2) is 0 Å². The number of hydrogen-bond acceptors (Lipinski definition) is 8. The number of nitrogens with two attached hydrogens (primary N) is 4. The summed E-state index contributed by atoms with van der Waals surface area (Å²) < 4.78 is 21.2. The second-order valence-electron chi connectivity index (χ2n) is 6.81. The first-order valence-electron chi connectivity index (χ1n) is 9.91. The number of anilines is 1. The minimum absolute atomic E-state index is 0.101. The van der Waals surface area contributed by atoms with Crippen LogP contribution in [0.3, 0.4) is 0 Å². The molecule has 10 heteroatoms. The van der Waals surface area contributed by atoms with E-state index < -0.39 is 17.9 Å². The number of hydrogen-bond donors (Lipinski definition) is 4. The summed E-state index contributed by atoms with van der Waals surface area (Å²) >= 11 is 0. The van der Waals surface area contributed by atoms with Crippen LogP contribution < -0.4 is 41.9 Å². The minimum atomic E-state index is -0.757. The first kappa shape index (κ1) is 27.1. The Balaban J connectivity index is 0.000000461. The molecule has 0 saturated heterocycles. The Morgan fingerprint density at radius 2 is 1.39 bits per heavy atom. The van der Waals surface area contributed by atoms with Crippen molar-refractivity contribution in [2.45, 2.75) is 18.9 Å². The Labute approximate surface area is 193 Å². The fourth-order valence-electron chi connectivity index (χ4n) is 2.69. The van der Waals surface area contributed by atoms with Crippen molar-refractivity contribution in [3.63, 3.8) is 0 Å². The van der Waals surface area contributed by atoms with Crippen LogP contribution in [0.15, 0.2) is 30.3 Å². The molecule has 0 spiro atoms. The average molecular weight is 461 g/mol. The molecule has 180 valence electrons. The van der Waals surface area contributed by atoms with Crippen LogP contribution in [0.1, 0.15) is 24.0 Å². The van der Waals surface area contributed by atoms with Crippen molar-refractivity contribution in [2.75, 3.05) is 34.2 Å². The van der Waals surface area contributed by atoms with Crippen LogP contribution in [0.4, 0.5) is 5.69 Å². The molecule has 2 rings (SSSR count). The quantitative estimate of drug-likeness (QED) is 0.305. The van der Waals surface area contributed by atoms with E-state index in [1.165, 1.54) is 0 Å². The first-order valence-corrected chi connectivity index (χ1v) is 9.91. The second kappa shape index (κ2) is 13.5. The zero-order valence-electron chi connectivity index (χ0n) is 19.3. The number of benzene rings is 2. The van der Waals surface area contributed by atoms with Gasteiger partial charge in [0.25, 0.3) is 0 Å². The van der Waals surface area contributed by atoms with Gasteiger partial charge in [0.05, 0.1) is 40.2 Å². The van der Waals surface area contributed by atoms with Gasteiger partial charge in [0.2, 0.25) is 17.6 Å². The molecular formula is C23H32N4O6. The molecule has 0 bridgehead atoms. The lowest BCUT2D eigenvalue weighted by Gasteiger charge is -2.12. The number of methoxy groups -OCH3 is 4. The molecule has 2 aromatic carbocycles. The molecule has 0 aromatic heterocycles. The maximum Gasteiger partial charge on any atom is 0.234 e. The van der Waals surface area contributed by atoms with E-state index in [9.17, 15) is 9.59 Å². The second-order valence-corrected chi connectivity index (χ2v) is 6.81. The van der Waals surface area contributed by atoms with Gasteiger partial charge in [0.15, 0.2) is 11.5 Å². The van der Waals surface area contributed by atoms with E-state index in [4.69, 9.17) is 41.9 Å². The smallest absolute Gasteiger partial charge is 0.234 e. The molecule has 2 amide bonds. The fourth-order valence-corrected chi connectivity index (χ4v) is 2.69. The van der Waals surface area contributed by atoms with Crippen LogP contribution in [0.2, 0.25) is 0 Å². The van der Waals surface area contributed by atoms with Gasteiger partial charge in [0.1, 0.15) is 5.75 Å². The molecule has 0 heterocycles. The molecule has 33 heavy (non-hydrogen) atoms. The maximum atomic E-state index is 10.3. The highest BCUT2D eigenvalue weighted by Gasteiger charge is 2.12. The molecular weight excluding hydrogens is 428 g/mol. The topological polar surface area (TPSA) is 175 Å². The highest BCUT2D eigenvalue weighted by Crippen LogP contribution is 2.38. The van der Waals surface area contributed by atoms with Crippen LogP contribution in [0, 0.1) is 0 Å². The summed E-state index contributed by atoms with van der Waals surface area (Å²) in [4.78, 5) is 20.4. The van der Waals surface area contributed by atoms with E-state index in [2.05, 4.69) is 0 Å². The van der Waals surface area contributed by atoms with E-state index in [0.29, 0.717) is 28.7 Å². The highest BCUT2D eigenvalue weighted by atomic mass is 16.5. The summed E-state index contributed by atoms with van der Waals surface area (Å²) in [6.07, 6.45) is 4.23. The molecule has 0 aliphatic carbocycles. The number of primary amides is 2. The van der Waals surface area contributed by atoms with Crippen LogP contribution in [0.25, 0.3) is 12.2 Å². The Bertz CT molecular complexity index is 952. The SMILES string of the molecule is COc1ccc(C=Cc2cc(OC)c(OC)c(OC)c2)cc1N.NC(=O)CC[C@H](N)C(N)=O. The molecule has 0 saturated carbocycles. The summed E-state index contributed by atoms with van der Waals surface area (Å²) in [5, 5.41) is 0. The van der Waals surface area contributed by atoms with Gasteiger partial charge in [-0.1, -0.05) is 18.2 Å². The third kappa shape index (κ3) is 8.62. The lowest BCUT2D eigenvalue weighted by atomic mass is 10.1. The van der Waals surface area contributed by atoms with Crippen molar-refractivity contribution >= 4 is 29.7 Å². The van der Waals surface area contributed by atoms with Crippen molar-refractivity contribution < 1.29 is 28.5 Å². The van der Waals surface area contributed by atoms with E-state index in [1.54, 1.807) is 28.4 Å². The number of rotatable bonds is 10. The van der Waals surface area contributed by atoms with Gasteiger partial charge < -0.3 is 41.9 Å². The Kier molecular flexibility index (Phi) is 11.1. The van der Waals surface area contributed by atoms with E-state index in [1.807, 2.05) is 42.5 Å². The lowest BCUT2D eigenvalue weighted by Crippen LogP contribution is -2.37. The predicted molar refractivity (Wildman–Crippen MR) is 128 cm³/mol. The molecule has 8 N–H and O–H groups in total. The fraction of sp³-hybridized carbons (Fsp3) is 0.304. The lowest BCUT2D eigenvalue weighted by molar-refractivity contribution is -0.120. The summed E-state index contributed by atoms with van der Waals surface area (Å²) in [6, 6.07) is 8.63. The average Bonchev–Trinajstić information content (AvgIpc) is 2.80. The molecule has 0 radical (unpaired) electrons. The molecule has 10 nitrogen and oxygen atoms in total. The van der Waals surface area contributed by atoms with Gasteiger partial charge in [-0.05, 0) is 41.8 Å².